The fourth-order valence-electron chi connectivity index (χ4n) is 3.22. The lowest BCUT2D eigenvalue weighted by molar-refractivity contribution is -0.00879. The summed E-state index contributed by atoms with van der Waals surface area (Å²) in [5.74, 6) is 0.361. The Morgan fingerprint density at radius 3 is 2.80 bits per heavy atom. The number of amides is 1. The number of rotatable bonds is 3. The van der Waals surface area contributed by atoms with Crippen molar-refractivity contribution in [3.63, 3.8) is 0 Å². The van der Waals surface area contributed by atoms with Gasteiger partial charge >= 0.3 is 0 Å². The Hall–Kier alpha value is -0.880. The van der Waals surface area contributed by atoms with E-state index in [0.717, 1.165) is 17.5 Å². The van der Waals surface area contributed by atoms with Crippen LogP contribution in [-0.4, -0.2) is 33.4 Å². The number of halogens is 1. The standard InChI is InChI=1S/C14H20BrN3O2/c1-8(2)18-11(10(15)6-16-18)12(19)17-14-5-9(14)7-20-13(14,3)4/h6,8-9H,5,7H2,1-4H3,(H,17,19). The Balaban J connectivity index is 1.87. The molecule has 1 amide bonds. The van der Waals surface area contributed by atoms with Crippen LogP contribution in [0.4, 0.5) is 0 Å². The lowest BCUT2D eigenvalue weighted by Crippen LogP contribution is -2.51. The molecular formula is C14H20BrN3O2. The quantitative estimate of drug-likeness (QED) is 0.918. The van der Waals surface area contributed by atoms with E-state index in [1.807, 2.05) is 13.8 Å². The van der Waals surface area contributed by atoms with Crippen molar-refractivity contribution in [1.82, 2.24) is 15.1 Å². The van der Waals surface area contributed by atoms with Crippen LogP contribution in [0.2, 0.25) is 0 Å². The number of aromatic nitrogens is 2. The minimum absolute atomic E-state index is 0.0795. The first-order chi connectivity index (χ1) is 9.28. The summed E-state index contributed by atoms with van der Waals surface area (Å²) in [7, 11) is 0. The molecule has 20 heavy (non-hydrogen) atoms. The maximum Gasteiger partial charge on any atom is 0.271 e. The molecule has 1 saturated heterocycles. The van der Waals surface area contributed by atoms with Crippen molar-refractivity contribution in [3.05, 3.63) is 16.4 Å². The Bertz CT molecular complexity index is 567. The molecular weight excluding hydrogens is 322 g/mol. The average molecular weight is 342 g/mol. The summed E-state index contributed by atoms with van der Waals surface area (Å²) < 4.78 is 8.26. The van der Waals surface area contributed by atoms with Gasteiger partial charge in [0.05, 0.1) is 28.4 Å². The first-order valence-electron chi connectivity index (χ1n) is 6.98. The monoisotopic (exact) mass is 341 g/mol. The van der Waals surface area contributed by atoms with Crippen LogP contribution in [0.5, 0.6) is 0 Å². The highest BCUT2D eigenvalue weighted by Crippen LogP contribution is 2.57. The summed E-state index contributed by atoms with van der Waals surface area (Å²) in [6, 6.07) is 0.141. The van der Waals surface area contributed by atoms with Crippen LogP contribution in [0.3, 0.4) is 0 Å². The van der Waals surface area contributed by atoms with E-state index >= 15 is 0 Å². The summed E-state index contributed by atoms with van der Waals surface area (Å²) in [4.78, 5) is 12.7. The number of nitrogens with zero attached hydrogens (tertiary/aromatic N) is 2. The molecule has 6 heteroatoms. The zero-order valence-electron chi connectivity index (χ0n) is 12.2. The van der Waals surface area contributed by atoms with Crippen molar-refractivity contribution in [2.24, 2.45) is 5.92 Å². The van der Waals surface area contributed by atoms with Crippen LogP contribution in [0.15, 0.2) is 10.7 Å². The van der Waals surface area contributed by atoms with E-state index in [9.17, 15) is 4.79 Å². The maximum atomic E-state index is 12.7. The van der Waals surface area contributed by atoms with Crippen LogP contribution in [0.1, 0.15) is 50.6 Å². The number of carbonyl (C=O) groups is 1. The zero-order chi connectivity index (χ0) is 14.7. The molecule has 0 aromatic carbocycles. The summed E-state index contributed by atoms with van der Waals surface area (Å²) in [6.45, 7) is 8.86. The first-order valence-corrected chi connectivity index (χ1v) is 7.77. The van der Waals surface area contributed by atoms with Gasteiger partial charge in [0.1, 0.15) is 5.69 Å². The molecule has 2 unspecified atom stereocenters. The Kier molecular flexibility index (Phi) is 3.03. The minimum atomic E-state index is -0.303. The fraction of sp³-hybridized carbons (Fsp3) is 0.714. The molecule has 1 aromatic heterocycles. The molecule has 5 nitrogen and oxygen atoms in total. The van der Waals surface area contributed by atoms with Crippen LogP contribution < -0.4 is 5.32 Å². The Morgan fingerprint density at radius 1 is 1.60 bits per heavy atom. The molecule has 0 bridgehead atoms. The molecule has 2 heterocycles. The molecule has 3 rings (SSSR count). The number of nitrogens with one attached hydrogen (secondary N) is 1. The predicted molar refractivity (Wildman–Crippen MR) is 78.6 cm³/mol. The number of hydrogen-bond donors (Lipinski definition) is 1. The van der Waals surface area contributed by atoms with Crippen LogP contribution in [0, 0.1) is 5.92 Å². The van der Waals surface area contributed by atoms with Gasteiger partial charge in [0.2, 0.25) is 0 Å². The van der Waals surface area contributed by atoms with Crippen LogP contribution in [0.25, 0.3) is 0 Å². The van der Waals surface area contributed by atoms with E-state index in [0.29, 0.717) is 11.6 Å². The number of fused-ring (bicyclic) bond motifs is 1. The number of ether oxygens (including phenoxy) is 1. The van der Waals surface area contributed by atoms with Gasteiger partial charge in [0.25, 0.3) is 5.91 Å². The van der Waals surface area contributed by atoms with Gasteiger partial charge in [0.15, 0.2) is 0 Å². The van der Waals surface area contributed by atoms with E-state index in [-0.39, 0.29) is 23.1 Å². The minimum Gasteiger partial charge on any atom is -0.373 e. The largest absolute Gasteiger partial charge is 0.373 e. The third kappa shape index (κ3) is 1.84. The Morgan fingerprint density at radius 2 is 2.30 bits per heavy atom. The van der Waals surface area contributed by atoms with Gasteiger partial charge in [0, 0.05) is 12.0 Å². The van der Waals surface area contributed by atoms with E-state index in [1.165, 1.54) is 0 Å². The molecule has 0 spiro atoms. The van der Waals surface area contributed by atoms with Gasteiger partial charge in [-0.1, -0.05) is 0 Å². The van der Waals surface area contributed by atoms with Gasteiger partial charge in [-0.2, -0.15) is 5.10 Å². The lowest BCUT2D eigenvalue weighted by Gasteiger charge is -2.31. The second-order valence-electron chi connectivity index (χ2n) is 6.53. The van der Waals surface area contributed by atoms with Crippen LogP contribution in [-0.2, 0) is 4.74 Å². The van der Waals surface area contributed by atoms with Crippen molar-refractivity contribution >= 4 is 21.8 Å². The second kappa shape index (κ2) is 4.31. The lowest BCUT2D eigenvalue weighted by atomic mass is 9.95. The Labute approximate surface area is 127 Å². The third-order valence-electron chi connectivity index (χ3n) is 4.62. The van der Waals surface area contributed by atoms with Crippen molar-refractivity contribution in [2.45, 2.75) is 51.3 Å². The molecule has 2 aliphatic rings. The molecule has 110 valence electrons. The highest BCUT2D eigenvalue weighted by molar-refractivity contribution is 9.10. The molecule has 1 saturated carbocycles. The molecule has 1 aliphatic heterocycles. The first kappa shape index (κ1) is 14.1. The van der Waals surface area contributed by atoms with Gasteiger partial charge < -0.3 is 10.1 Å². The SMILES string of the molecule is CC(C)n1ncc(Br)c1C(=O)NC12CC1COC2(C)C. The molecule has 2 atom stereocenters. The highest BCUT2D eigenvalue weighted by atomic mass is 79.9. The van der Waals surface area contributed by atoms with Crippen molar-refractivity contribution in [3.8, 4) is 0 Å². The summed E-state index contributed by atoms with van der Waals surface area (Å²) >= 11 is 3.42. The smallest absolute Gasteiger partial charge is 0.271 e. The van der Waals surface area contributed by atoms with Crippen LogP contribution >= 0.6 is 15.9 Å². The average Bonchev–Trinajstić information content (AvgIpc) is 2.83. The van der Waals surface area contributed by atoms with E-state index in [1.54, 1.807) is 10.9 Å². The highest BCUT2D eigenvalue weighted by Gasteiger charge is 2.69. The number of hydrogen-bond acceptors (Lipinski definition) is 3. The molecule has 2 fully saturated rings. The third-order valence-corrected chi connectivity index (χ3v) is 5.20. The van der Waals surface area contributed by atoms with E-state index in [2.05, 4.69) is 40.2 Å². The second-order valence-corrected chi connectivity index (χ2v) is 7.38. The fourth-order valence-corrected chi connectivity index (χ4v) is 3.67. The molecule has 1 aromatic rings. The maximum absolute atomic E-state index is 12.7. The van der Waals surface area contributed by atoms with Gasteiger partial charge in [-0.15, -0.1) is 0 Å². The summed E-state index contributed by atoms with van der Waals surface area (Å²) in [6.07, 6.45) is 2.67. The van der Waals surface area contributed by atoms with Gasteiger partial charge in [-0.3, -0.25) is 9.48 Å². The summed E-state index contributed by atoms with van der Waals surface area (Å²) in [5, 5.41) is 7.46. The zero-order valence-corrected chi connectivity index (χ0v) is 13.8. The number of carbonyl (C=O) groups excluding carboxylic acids is 1. The molecule has 1 aliphatic carbocycles. The normalized spacial score (nSPS) is 30.4. The molecule has 0 radical (unpaired) electrons. The van der Waals surface area contributed by atoms with Crippen molar-refractivity contribution in [1.29, 1.82) is 0 Å². The molecule has 1 N–H and O–H groups in total. The van der Waals surface area contributed by atoms with Crippen molar-refractivity contribution in [2.75, 3.05) is 6.61 Å². The summed E-state index contributed by atoms with van der Waals surface area (Å²) in [5.41, 5.74) is 0.0701. The van der Waals surface area contributed by atoms with Gasteiger partial charge in [-0.05, 0) is 50.0 Å². The van der Waals surface area contributed by atoms with E-state index in [4.69, 9.17) is 4.74 Å². The van der Waals surface area contributed by atoms with E-state index < -0.39 is 0 Å². The predicted octanol–water partition coefficient (Wildman–Crippen LogP) is 2.52. The van der Waals surface area contributed by atoms with Gasteiger partial charge in [-0.25, -0.2) is 0 Å². The van der Waals surface area contributed by atoms with Crippen molar-refractivity contribution < 1.29 is 9.53 Å². The topological polar surface area (TPSA) is 56.2 Å².